The number of nitrogens with one attached hydrogen (secondary N) is 2. The third-order valence-corrected chi connectivity index (χ3v) is 7.35. The summed E-state index contributed by atoms with van der Waals surface area (Å²) in [6.45, 7) is 5.07. The molecule has 0 bridgehead atoms. The Morgan fingerprint density at radius 3 is 2.53 bits per heavy atom. The lowest BCUT2D eigenvalue weighted by Gasteiger charge is -2.21. The highest BCUT2D eigenvalue weighted by atomic mass is 32.2. The highest BCUT2D eigenvalue weighted by Gasteiger charge is 2.28. The van der Waals surface area contributed by atoms with E-state index in [4.69, 9.17) is 0 Å². The van der Waals surface area contributed by atoms with Crippen LogP contribution in [0.25, 0.3) is 11.0 Å². The van der Waals surface area contributed by atoms with Gasteiger partial charge < -0.3 is 10.3 Å². The number of para-hydroxylation sites is 2. The maximum Gasteiger partial charge on any atom is 0.251 e. The summed E-state index contributed by atoms with van der Waals surface area (Å²) in [7, 11) is -3.57. The number of carbonyl (C=O) groups is 1. The lowest BCUT2D eigenvalue weighted by molar-refractivity contribution is 0.0923. The number of rotatable bonds is 6. The zero-order chi connectivity index (χ0) is 21.3. The second kappa shape index (κ2) is 8.20. The van der Waals surface area contributed by atoms with Gasteiger partial charge in [0.2, 0.25) is 10.0 Å². The van der Waals surface area contributed by atoms with Crippen LogP contribution in [0.1, 0.15) is 48.9 Å². The Morgan fingerprint density at radius 1 is 1.10 bits per heavy atom. The molecule has 0 saturated carbocycles. The Hall–Kier alpha value is -2.71. The van der Waals surface area contributed by atoms with Crippen LogP contribution in [0.2, 0.25) is 0 Å². The van der Waals surface area contributed by atoms with Gasteiger partial charge in [-0.05, 0) is 49.1 Å². The summed E-state index contributed by atoms with van der Waals surface area (Å²) in [5, 5.41) is 3.02. The molecule has 1 aliphatic heterocycles. The zero-order valence-electron chi connectivity index (χ0n) is 17.1. The molecule has 7 nitrogen and oxygen atoms in total. The van der Waals surface area contributed by atoms with Crippen molar-refractivity contribution in [1.82, 2.24) is 19.6 Å². The molecule has 8 heteroatoms. The van der Waals surface area contributed by atoms with E-state index in [1.165, 1.54) is 10.4 Å². The zero-order valence-corrected chi connectivity index (χ0v) is 17.9. The topological polar surface area (TPSA) is 95.2 Å². The van der Waals surface area contributed by atoms with E-state index in [0.29, 0.717) is 24.5 Å². The van der Waals surface area contributed by atoms with Gasteiger partial charge in [-0.15, -0.1) is 0 Å². The average molecular weight is 427 g/mol. The van der Waals surface area contributed by atoms with Crippen molar-refractivity contribution in [2.45, 2.75) is 37.6 Å². The van der Waals surface area contributed by atoms with Crippen LogP contribution in [0.5, 0.6) is 0 Å². The van der Waals surface area contributed by atoms with Crippen molar-refractivity contribution in [3.8, 4) is 0 Å². The number of hydrogen-bond acceptors (Lipinski definition) is 4. The van der Waals surface area contributed by atoms with Gasteiger partial charge in [0.05, 0.1) is 22.0 Å². The number of aromatic nitrogens is 2. The van der Waals surface area contributed by atoms with Crippen molar-refractivity contribution in [2.24, 2.45) is 5.92 Å². The van der Waals surface area contributed by atoms with Gasteiger partial charge in [0.25, 0.3) is 5.91 Å². The normalized spacial score (nSPS) is 16.2. The fourth-order valence-corrected chi connectivity index (χ4v) is 5.33. The monoisotopic (exact) mass is 426 g/mol. The molecule has 30 heavy (non-hydrogen) atoms. The van der Waals surface area contributed by atoms with Crippen LogP contribution in [0, 0.1) is 5.92 Å². The second-order valence-electron chi connectivity index (χ2n) is 7.97. The number of fused-ring (bicyclic) bond motifs is 1. The first-order valence-electron chi connectivity index (χ1n) is 10.2. The molecule has 0 aliphatic carbocycles. The van der Waals surface area contributed by atoms with Crippen molar-refractivity contribution in [1.29, 1.82) is 0 Å². The Bertz CT molecular complexity index is 1130. The molecule has 4 rings (SSSR count). The maximum atomic E-state index is 13.0. The van der Waals surface area contributed by atoms with Crippen molar-refractivity contribution in [3.05, 3.63) is 59.9 Å². The largest absolute Gasteiger partial charge is 0.342 e. The average Bonchev–Trinajstić information content (AvgIpc) is 3.41. The van der Waals surface area contributed by atoms with Crippen molar-refractivity contribution >= 4 is 27.0 Å². The van der Waals surface area contributed by atoms with E-state index in [9.17, 15) is 13.2 Å². The van der Waals surface area contributed by atoms with Gasteiger partial charge in [0.1, 0.15) is 5.82 Å². The van der Waals surface area contributed by atoms with Gasteiger partial charge in [0, 0.05) is 18.7 Å². The highest BCUT2D eigenvalue weighted by molar-refractivity contribution is 7.89. The van der Waals surface area contributed by atoms with Crippen molar-refractivity contribution in [3.63, 3.8) is 0 Å². The summed E-state index contributed by atoms with van der Waals surface area (Å²) < 4.78 is 27.2. The molecule has 1 aliphatic rings. The minimum absolute atomic E-state index is 0.0889. The lowest BCUT2D eigenvalue weighted by Crippen LogP contribution is -2.33. The smallest absolute Gasteiger partial charge is 0.251 e. The third kappa shape index (κ3) is 3.97. The molecule has 1 fully saturated rings. The molecule has 3 aromatic rings. The van der Waals surface area contributed by atoms with Crippen LogP contribution in [-0.2, 0) is 10.0 Å². The molecule has 2 heterocycles. The summed E-state index contributed by atoms with van der Waals surface area (Å²) in [6, 6.07) is 13.6. The first-order valence-corrected chi connectivity index (χ1v) is 11.7. The molecule has 2 aromatic carbocycles. The molecule has 1 amide bonds. The van der Waals surface area contributed by atoms with Gasteiger partial charge in [-0.1, -0.05) is 32.0 Å². The standard InChI is InChI=1S/C22H26N4O3S/c1-15(2)20(21-23-18-10-3-4-11-19(18)24-21)25-22(27)16-8-7-9-17(14-16)30(28,29)26-12-5-6-13-26/h3-4,7-11,14-15,20H,5-6,12-13H2,1-2H3,(H,23,24)(H,25,27)/t20-/m1/s1. The van der Waals surface area contributed by atoms with E-state index in [1.54, 1.807) is 18.2 Å². The third-order valence-electron chi connectivity index (χ3n) is 5.45. The van der Waals surface area contributed by atoms with E-state index in [0.717, 1.165) is 23.9 Å². The quantitative estimate of drug-likeness (QED) is 0.631. The summed E-state index contributed by atoms with van der Waals surface area (Å²) in [6.07, 6.45) is 1.74. The number of imidazole rings is 1. The Morgan fingerprint density at radius 2 is 1.83 bits per heavy atom. The molecular formula is C22H26N4O3S. The maximum absolute atomic E-state index is 13.0. The van der Waals surface area contributed by atoms with Crippen LogP contribution in [0.15, 0.2) is 53.4 Å². The number of nitrogens with zero attached hydrogens (tertiary/aromatic N) is 2. The minimum Gasteiger partial charge on any atom is -0.342 e. The van der Waals surface area contributed by atoms with E-state index >= 15 is 0 Å². The van der Waals surface area contributed by atoms with Crippen LogP contribution >= 0.6 is 0 Å². The van der Waals surface area contributed by atoms with Gasteiger partial charge in [0.15, 0.2) is 0 Å². The summed E-state index contributed by atoms with van der Waals surface area (Å²) in [5.41, 5.74) is 2.06. The number of aromatic amines is 1. The van der Waals surface area contributed by atoms with E-state index in [1.807, 2.05) is 38.1 Å². The fourth-order valence-electron chi connectivity index (χ4n) is 3.77. The van der Waals surface area contributed by atoms with Gasteiger partial charge >= 0.3 is 0 Å². The van der Waals surface area contributed by atoms with Gasteiger partial charge in [-0.25, -0.2) is 13.4 Å². The molecule has 1 saturated heterocycles. The molecule has 158 valence electrons. The van der Waals surface area contributed by atoms with Gasteiger partial charge in [-0.2, -0.15) is 4.31 Å². The second-order valence-corrected chi connectivity index (χ2v) is 9.91. The predicted molar refractivity (Wildman–Crippen MR) is 116 cm³/mol. The highest BCUT2D eigenvalue weighted by Crippen LogP contribution is 2.24. The minimum atomic E-state index is -3.57. The molecule has 0 spiro atoms. The van der Waals surface area contributed by atoms with Gasteiger partial charge in [-0.3, -0.25) is 4.79 Å². The molecular weight excluding hydrogens is 400 g/mol. The lowest BCUT2D eigenvalue weighted by atomic mass is 10.0. The van der Waals surface area contributed by atoms with Crippen LogP contribution < -0.4 is 5.32 Å². The van der Waals surface area contributed by atoms with Crippen molar-refractivity contribution in [2.75, 3.05) is 13.1 Å². The number of H-pyrrole nitrogens is 1. The molecule has 0 unspecified atom stereocenters. The molecule has 0 radical (unpaired) electrons. The Labute approximate surface area is 176 Å². The van der Waals surface area contributed by atoms with Crippen LogP contribution in [0.4, 0.5) is 0 Å². The fraction of sp³-hybridized carbons (Fsp3) is 0.364. The van der Waals surface area contributed by atoms with Crippen molar-refractivity contribution < 1.29 is 13.2 Å². The summed E-state index contributed by atoms with van der Waals surface area (Å²) in [4.78, 5) is 21.0. The molecule has 2 N–H and O–H groups in total. The number of hydrogen-bond donors (Lipinski definition) is 2. The Kier molecular flexibility index (Phi) is 5.62. The first kappa shape index (κ1) is 20.6. The van der Waals surface area contributed by atoms with E-state index < -0.39 is 10.0 Å². The molecule has 1 atom stereocenters. The summed E-state index contributed by atoms with van der Waals surface area (Å²) >= 11 is 0. The van der Waals surface area contributed by atoms with Crippen LogP contribution in [-0.4, -0.2) is 41.7 Å². The number of amides is 1. The SMILES string of the molecule is CC(C)[C@@H](NC(=O)c1cccc(S(=O)(=O)N2CCCC2)c1)c1nc2ccccc2[nH]1. The van der Waals surface area contributed by atoms with E-state index in [2.05, 4.69) is 15.3 Å². The first-order chi connectivity index (χ1) is 14.4. The van der Waals surface area contributed by atoms with Crippen LogP contribution in [0.3, 0.4) is 0 Å². The van der Waals surface area contributed by atoms with E-state index in [-0.39, 0.29) is 22.8 Å². The summed E-state index contributed by atoms with van der Waals surface area (Å²) in [5.74, 6) is 0.444. The number of benzene rings is 2. The number of sulfonamides is 1. The predicted octanol–water partition coefficient (Wildman–Crippen LogP) is 3.47. The Balaban J connectivity index is 1.59. The number of carbonyl (C=O) groups excluding carboxylic acids is 1. The molecule has 1 aromatic heterocycles.